The molecule has 1 aliphatic rings. The minimum Gasteiger partial charge on any atom is -0.481 e. The van der Waals surface area contributed by atoms with Gasteiger partial charge in [-0.15, -0.1) is 0 Å². The molecular weight excluding hydrogens is 218 g/mol. The number of carboxylic acid groups (broad SMARTS) is 1. The van der Waals surface area contributed by atoms with Gasteiger partial charge < -0.3 is 10.4 Å². The molecule has 1 aromatic rings. The zero-order valence-electron chi connectivity index (χ0n) is 9.86. The Balaban J connectivity index is 2.02. The van der Waals surface area contributed by atoms with Crippen molar-refractivity contribution in [3.05, 3.63) is 29.3 Å². The van der Waals surface area contributed by atoms with Gasteiger partial charge in [0.25, 0.3) is 0 Å². The van der Waals surface area contributed by atoms with Gasteiger partial charge in [0.2, 0.25) is 5.91 Å². The molecule has 1 saturated carbocycles. The van der Waals surface area contributed by atoms with E-state index in [9.17, 15) is 9.59 Å². The van der Waals surface area contributed by atoms with Gasteiger partial charge in [0.1, 0.15) is 0 Å². The van der Waals surface area contributed by atoms with E-state index in [1.54, 1.807) is 0 Å². The van der Waals surface area contributed by atoms with Crippen molar-refractivity contribution in [2.24, 2.45) is 11.8 Å². The lowest BCUT2D eigenvalue weighted by Crippen LogP contribution is -2.16. The van der Waals surface area contributed by atoms with E-state index < -0.39 is 11.9 Å². The molecular formula is C13H15NO3. The van der Waals surface area contributed by atoms with Gasteiger partial charge in [0.05, 0.1) is 11.8 Å². The molecule has 0 aliphatic heterocycles. The zero-order chi connectivity index (χ0) is 12.6. The van der Waals surface area contributed by atoms with Crippen LogP contribution in [0.2, 0.25) is 0 Å². The summed E-state index contributed by atoms with van der Waals surface area (Å²) in [5.74, 6) is -1.94. The molecule has 1 aliphatic carbocycles. The molecule has 0 spiro atoms. The van der Waals surface area contributed by atoms with Gasteiger partial charge in [-0.05, 0) is 43.5 Å². The molecule has 1 fully saturated rings. The highest BCUT2D eigenvalue weighted by Gasteiger charge is 2.48. The summed E-state index contributed by atoms with van der Waals surface area (Å²) in [4.78, 5) is 22.4. The molecule has 0 saturated heterocycles. The van der Waals surface area contributed by atoms with E-state index in [1.807, 2.05) is 32.0 Å². The number of hydrogen-bond acceptors (Lipinski definition) is 2. The molecule has 1 amide bonds. The lowest BCUT2D eigenvalue weighted by Gasteiger charge is -2.06. The highest BCUT2D eigenvalue weighted by atomic mass is 16.4. The van der Waals surface area contributed by atoms with Crippen molar-refractivity contribution < 1.29 is 14.7 Å². The summed E-state index contributed by atoms with van der Waals surface area (Å²) in [6, 6.07) is 5.78. The van der Waals surface area contributed by atoms with Gasteiger partial charge in [-0.2, -0.15) is 0 Å². The monoisotopic (exact) mass is 233 g/mol. The summed E-state index contributed by atoms with van der Waals surface area (Å²) in [6.07, 6.45) is 0.450. The van der Waals surface area contributed by atoms with E-state index in [0.29, 0.717) is 6.42 Å². The Hall–Kier alpha value is -1.84. The van der Waals surface area contributed by atoms with Crippen molar-refractivity contribution in [2.45, 2.75) is 20.3 Å². The van der Waals surface area contributed by atoms with Crippen molar-refractivity contribution >= 4 is 17.6 Å². The molecule has 0 radical (unpaired) electrons. The second-order valence-corrected chi connectivity index (χ2v) is 4.65. The van der Waals surface area contributed by atoms with Crippen LogP contribution in [0.1, 0.15) is 17.5 Å². The average molecular weight is 233 g/mol. The highest BCUT2D eigenvalue weighted by molar-refractivity contribution is 5.98. The first-order valence-corrected chi connectivity index (χ1v) is 5.59. The normalized spacial score (nSPS) is 22.0. The van der Waals surface area contributed by atoms with Crippen molar-refractivity contribution in [3.63, 3.8) is 0 Å². The van der Waals surface area contributed by atoms with Crippen LogP contribution in [0.25, 0.3) is 0 Å². The summed E-state index contributed by atoms with van der Waals surface area (Å²) in [5.41, 5.74) is 2.89. The Kier molecular flexibility index (Phi) is 2.88. The van der Waals surface area contributed by atoms with Gasteiger partial charge in [-0.25, -0.2) is 0 Å². The second kappa shape index (κ2) is 4.20. The number of carbonyl (C=O) groups is 2. The van der Waals surface area contributed by atoms with Gasteiger partial charge in [0.15, 0.2) is 0 Å². The number of amides is 1. The lowest BCUT2D eigenvalue weighted by molar-refractivity contribution is -0.139. The molecule has 2 atom stereocenters. The first-order chi connectivity index (χ1) is 7.97. The fourth-order valence-corrected chi connectivity index (χ4v) is 2.04. The fourth-order valence-electron chi connectivity index (χ4n) is 2.04. The number of carboxylic acids is 1. The number of rotatable bonds is 3. The van der Waals surface area contributed by atoms with E-state index in [-0.39, 0.29) is 11.8 Å². The summed E-state index contributed by atoms with van der Waals surface area (Å²) < 4.78 is 0. The first-order valence-electron chi connectivity index (χ1n) is 5.59. The van der Waals surface area contributed by atoms with E-state index >= 15 is 0 Å². The number of carbonyl (C=O) groups excluding carboxylic acids is 1. The predicted octanol–water partition coefficient (Wildman–Crippen LogP) is 1.96. The van der Waals surface area contributed by atoms with Crippen LogP contribution in [0.5, 0.6) is 0 Å². The summed E-state index contributed by atoms with van der Waals surface area (Å²) in [5, 5.41) is 11.5. The number of anilines is 1. The van der Waals surface area contributed by atoms with Crippen molar-refractivity contribution in [1.29, 1.82) is 0 Å². The molecule has 4 heteroatoms. The van der Waals surface area contributed by atoms with Gasteiger partial charge in [-0.3, -0.25) is 9.59 Å². The van der Waals surface area contributed by atoms with E-state index in [0.717, 1.165) is 16.8 Å². The Morgan fingerprint density at radius 1 is 1.18 bits per heavy atom. The highest BCUT2D eigenvalue weighted by Crippen LogP contribution is 2.39. The summed E-state index contributed by atoms with van der Waals surface area (Å²) >= 11 is 0. The molecule has 0 aromatic heterocycles. The number of aryl methyl sites for hydroxylation is 2. The maximum atomic E-state index is 11.7. The third-order valence-corrected chi connectivity index (χ3v) is 2.93. The molecule has 17 heavy (non-hydrogen) atoms. The Morgan fingerprint density at radius 2 is 1.76 bits per heavy atom. The SMILES string of the molecule is Cc1cc(C)cc(NC(=O)[C@@H]2C[C@@H]2C(=O)O)c1. The molecule has 90 valence electrons. The Labute approximate surface area is 99.6 Å². The van der Waals surface area contributed by atoms with Crippen LogP contribution in [-0.2, 0) is 9.59 Å². The third-order valence-electron chi connectivity index (χ3n) is 2.93. The van der Waals surface area contributed by atoms with E-state index in [2.05, 4.69) is 5.32 Å². The van der Waals surface area contributed by atoms with Crippen LogP contribution in [0, 0.1) is 25.7 Å². The molecule has 1 aromatic carbocycles. The van der Waals surface area contributed by atoms with E-state index in [4.69, 9.17) is 5.11 Å². The first kappa shape index (κ1) is 11.6. The summed E-state index contributed by atoms with van der Waals surface area (Å²) in [6.45, 7) is 3.92. The molecule has 0 unspecified atom stereocenters. The van der Waals surface area contributed by atoms with E-state index in [1.165, 1.54) is 0 Å². The van der Waals surface area contributed by atoms with Crippen LogP contribution in [0.4, 0.5) is 5.69 Å². The number of benzene rings is 1. The van der Waals surface area contributed by atoms with Crippen LogP contribution < -0.4 is 5.32 Å². The molecule has 4 nitrogen and oxygen atoms in total. The quantitative estimate of drug-likeness (QED) is 0.838. The topological polar surface area (TPSA) is 66.4 Å². The molecule has 0 bridgehead atoms. The number of hydrogen-bond donors (Lipinski definition) is 2. The van der Waals surface area contributed by atoms with Crippen molar-refractivity contribution in [1.82, 2.24) is 0 Å². The average Bonchev–Trinajstić information content (AvgIpc) is 2.94. The fraction of sp³-hybridized carbons (Fsp3) is 0.385. The van der Waals surface area contributed by atoms with Crippen molar-refractivity contribution in [2.75, 3.05) is 5.32 Å². The minimum atomic E-state index is -0.884. The zero-order valence-corrected chi connectivity index (χ0v) is 9.86. The maximum Gasteiger partial charge on any atom is 0.307 e. The largest absolute Gasteiger partial charge is 0.481 e. The van der Waals surface area contributed by atoms with Crippen LogP contribution >= 0.6 is 0 Å². The van der Waals surface area contributed by atoms with Gasteiger partial charge >= 0.3 is 5.97 Å². The standard InChI is InChI=1S/C13H15NO3/c1-7-3-8(2)5-9(4-7)14-12(15)10-6-11(10)13(16)17/h3-5,10-11H,6H2,1-2H3,(H,14,15)(H,16,17)/t10-,11+/m1/s1. The Bertz CT molecular complexity index is 461. The second-order valence-electron chi connectivity index (χ2n) is 4.65. The number of aliphatic carboxylic acids is 1. The summed E-state index contributed by atoms with van der Waals surface area (Å²) in [7, 11) is 0. The van der Waals surface area contributed by atoms with Crippen LogP contribution in [-0.4, -0.2) is 17.0 Å². The number of nitrogens with one attached hydrogen (secondary N) is 1. The predicted molar refractivity (Wildman–Crippen MR) is 63.8 cm³/mol. The van der Waals surface area contributed by atoms with Crippen LogP contribution in [0.3, 0.4) is 0 Å². The Morgan fingerprint density at radius 3 is 2.24 bits per heavy atom. The third kappa shape index (κ3) is 2.64. The molecule has 2 N–H and O–H groups in total. The lowest BCUT2D eigenvalue weighted by atomic mass is 10.1. The minimum absolute atomic E-state index is 0.192. The maximum absolute atomic E-state index is 11.7. The van der Waals surface area contributed by atoms with Gasteiger partial charge in [-0.1, -0.05) is 6.07 Å². The van der Waals surface area contributed by atoms with Gasteiger partial charge in [0, 0.05) is 5.69 Å². The van der Waals surface area contributed by atoms with Crippen LogP contribution in [0.15, 0.2) is 18.2 Å². The molecule has 2 rings (SSSR count). The molecule has 0 heterocycles. The van der Waals surface area contributed by atoms with Crippen molar-refractivity contribution in [3.8, 4) is 0 Å². The smallest absolute Gasteiger partial charge is 0.307 e.